The first-order chi connectivity index (χ1) is 14.5. The van der Waals surface area contributed by atoms with Crippen LogP contribution in [0.25, 0.3) is 11.0 Å². The van der Waals surface area contributed by atoms with Gasteiger partial charge in [0.25, 0.3) is 0 Å². The van der Waals surface area contributed by atoms with Gasteiger partial charge in [-0.1, -0.05) is 0 Å². The summed E-state index contributed by atoms with van der Waals surface area (Å²) in [5.74, 6) is 0.964. The van der Waals surface area contributed by atoms with E-state index in [-0.39, 0.29) is 13.2 Å². The first kappa shape index (κ1) is 21.0. The van der Waals surface area contributed by atoms with Gasteiger partial charge < -0.3 is 28.3 Å². The normalized spacial score (nSPS) is 10.5. The monoisotopic (exact) mass is 413 g/mol. The van der Waals surface area contributed by atoms with Gasteiger partial charge in [0, 0.05) is 36.3 Å². The molecule has 0 bridgehead atoms. The van der Waals surface area contributed by atoms with E-state index in [1.807, 2.05) is 24.1 Å². The molecule has 0 radical (unpaired) electrons. The van der Waals surface area contributed by atoms with E-state index in [0.717, 1.165) is 11.1 Å². The van der Waals surface area contributed by atoms with Crippen molar-refractivity contribution in [3.8, 4) is 17.2 Å². The number of ether oxygens (including phenoxy) is 4. The minimum Gasteiger partial charge on any atom is -0.497 e. The number of methoxy groups -OCH3 is 2. The number of benzene rings is 2. The van der Waals surface area contributed by atoms with Crippen molar-refractivity contribution in [2.24, 2.45) is 0 Å². The average Bonchev–Trinajstić information content (AvgIpc) is 2.76. The molecule has 0 aliphatic heterocycles. The van der Waals surface area contributed by atoms with Gasteiger partial charge in [-0.15, -0.1) is 0 Å². The first-order valence-corrected chi connectivity index (χ1v) is 9.29. The van der Waals surface area contributed by atoms with E-state index in [1.54, 1.807) is 38.3 Å². The molecule has 0 spiro atoms. The number of hydrogen-bond acceptors (Lipinski definition) is 8. The molecule has 0 unspecified atom stereocenters. The third-order valence-electron chi connectivity index (χ3n) is 4.48. The van der Waals surface area contributed by atoms with Crippen molar-refractivity contribution in [3.63, 3.8) is 0 Å². The van der Waals surface area contributed by atoms with Crippen molar-refractivity contribution >= 4 is 28.3 Å². The number of esters is 1. The van der Waals surface area contributed by atoms with Crippen LogP contribution >= 0.6 is 0 Å². The maximum Gasteiger partial charge on any atom is 0.344 e. The zero-order valence-corrected chi connectivity index (χ0v) is 17.3. The molecule has 0 aliphatic carbocycles. The Balaban J connectivity index is 1.98. The molecule has 0 N–H and O–H groups in total. The summed E-state index contributed by atoms with van der Waals surface area (Å²) in [6, 6.07) is 12.0. The SMILES string of the molecule is CCOC(=O)COc1cc(N(C)c2cc(=O)oc3cc(OC)ccc23)ccc1OC. The number of carbonyl (C=O) groups is 1. The summed E-state index contributed by atoms with van der Waals surface area (Å²) >= 11 is 0. The Morgan fingerprint density at radius 2 is 1.83 bits per heavy atom. The fourth-order valence-corrected chi connectivity index (χ4v) is 3.00. The Bertz CT molecular complexity index is 1110. The quantitative estimate of drug-likeness (QED) is 0.410. The molecule has 1 heterocycles. The molecule has 0 amide bonds. The largest absolute Gasteiger partial charge is 0.497 e. The minimum atomic E-state index is -0.482. The van der Waals surface area contributed by atoms with Crippen LogP contribution in [0.4, 0.5) is 11.4 Å². The number of anilines is 2. The third-order valence-corrected chi connectivity index (χ3v) is 4.48. The van der Waals surface area contributed by atoms with Crippen molar-refractivity contribution in [2.75, 3.05) is 39.4 Å². The summed E-state index contributed by atoms with van der Waals surface area (Å²) in [6.07, 6.45) is 0. The van der Waals surface area contributed by atoms with Gasteiger partial charge in [0.15, 0.2) is 18.1 Å². The molecule has 158 valence electrons. The van der Waals surface area contributed by atoms with Gasteiger partial charge in [0.1, 0.15) is 11.3 Å². The number of carbonyl (C=O) groups excluding carboxylic acids is 1. The lowest BCUT2D eigenvalue weighted by atomic mass is 10.1. The fraction of sp³-hybridized carbons (Fsp3) is 0.273. The summed E-state index contributed by atoms with van der Waals surface area (Å²) < 4.78 is 26.3. The molecular weight excluding hydrogens is 390 g/mol. The van der Waals surface area contributed by atoms with Gasteiger partial charge in [-0.05, 0) is 31.2 Å². The molecule has 3 rings (SSSR count). The molecule has 0 atom stereocenters. The summed E-state index contributed by atoms with van der Waals surface area (Å²) in [5.41, 5.74) is 1.30. The molecule has 2 aromatic carbocycles. The molecule has 30 heavy (non-hydrogen) atoms. The highest BCUT2D eigenvalue weighted by atomic mass is 16.6. The van der Waals surface area contributed by atoms with E-state index in [2.05, 4.69) is 0 Å². The summed E-state index contributed by atoms with van der Waals surface area (Å²) in [6.45, 7) is 1.76. The lowest BCUT2D eigenvalue weighted by Crippen LogP contribution is -2.16. The molecular formula is C22H23NO7. The second-order valence-electron chi connectivity index (χ2n) is 6.30. The Kier molecular flexibility index (Phi) is 6.46. The van der Waals surface area contributed by atoms with Gasteiger partial charge >= 0.3 is 11.6 Å². The van der Waals surface area contributed by atoms with E-state index in [0.29, 0.717) is 28.5 Å². The number of rotatable bonds is 8. The van der Waals surface area contributed by atoms with Crippen LogP contribution in [0.5, 0.6) is 17.2 Å². The van der Waals surface area contributed by atoms with Crippen LogP contribution in [0.15, 0.2) is 51.7 Å². The maximum atomic E-state index is 12.1. The lowest BCUT2D eigenvalue weighted by molar-refractivity contribution is -0.145. The van der Waals surface area contributed by atoms with E-state index in [1.165, 1.54) is 13.2 Å². The zero-order valence-electron chi connectivity index (χ0n) is 17.3. The molecule has 1 aromatic heterocycles. The number of nitrogens with zero attached hydrogens (tertiary/aromatic N) is 1. The van der Waals surface area contributed by atoms with E-state index in [9.17, 15) is 9.59 Å². The van der Waals surface area contributed by atoms with Gasteiger partial charge in [-0.3, -0.25) is 0 Å². The summed E-state index contributed by atoms with van der Waals surface area (Å²) in [4.78, 5) is 25.6. The van der Waals surface area contributed by atoms with E-state index in [4.69, 9.17) is 23.4 Å². The Labute approximate surface area is 173 Å². The molecule has 3 aromatic rings. The highest BCUT2D eigenvalue weighted by molar-refractivity contribution is 5.93. The predicted molar refractivity (Wildman–Crippen MR) is 112 cm³/mol. The number of hydrogen-bond donors (Lipinski definition) is 0. The first-order valence-electron chi connectivity index (χ1n) is 9.29. The number of fused-ring (bicyclic) bond motifs is 1. The molecule has 0 saturated carbocycles. The topological polar surface area (TPSA) is 87.4 Å². The highest BCUT2D eigenvalue weighted by Gasteiger charge is 2.15. The summed E-state index contributed by atoms with van der Waals surface area (Å²) in [5, 5.41) is 0.739. The Morgan fingerprint density at radius 1 is 1.03 bits per heavy atom. The van der Waals surface area contributed by atoms with Crippen LogP contribution in [0.1, 0.15) is 6.92 Å². The molecule has 0 aliphatic rings. The predicted octanol–water partition coefficient (Wildman–Crippen LogP) is 3.52. The van der Waals surface area contributed by atoms with Gasteiger partial charge in [-0.2, -0.15) is 0 Å². The molecule has 8 heteroatoms. The van der Waals surface area contributed by atoms with Crippen LogP contribution in [-0.4, -0.2) is 40.5 Å². The second kappa shape index (κ2) is 9.21. The van der Waals surface area contributed by atoms with Crippen molar-refractivity contribution in [2.45, 2.75) is 6.92 Å². The summed E-state index contributed by atoms with van der Waals surface area (Å²) in [7, 11) is 4.87. The van der Waals surface area contributed by atoms with Crippen molar-refractivity contribution < 1.29 is 28.2 Å². The van der Waals surface area contributed by atoms with Crippen LogP contribution < -0.4 is 24.7 Å². The Hall–Kier alpha value is -3.68. The fourth-order valence-electron chi connectivity index (χ4n) is 3.00. The van der Waals surface area contributed by atoms with E-state index >= 15 is 0 Å². The Morgan fingerprint density at radius 3 is 2.53 bits per heavy atom. The zero-order chi connectivity index (χ0) is 21.7. The maximum absolute atomic E-state index is 12.1. The van der Waals surface area contributed by atoms with Gasteiger partial charge in [-0.25, -0.2) is 9.59 Å². The van der Waals surface area contributed by atoms with Crippen LogP contribution in [0.2, 0.25) is 0 Å². The van der Waals surface area contributed by atoms with E-state index < -0.39 is 11.6 Å². The van der Waals surface area contributed by atoms with Crippen molar-refractivity contribution in [1.29, 1.82) is 0 Å². The minimum absolute atomic E-state index is 0.241. The van der Waals surface area contributed by atoms with Crippen LogP contribution in [0.3, 0.4) is 0 Å². The van der Waals surface area contributed by atoms with Crippen LogP contribution in [0, 0.1) is 0 Å². The van der Waals surface area contributed by atoms with Crippen molar-refractivity contribution in [3.05, 3.63) is 52.9 Å². The average molecular weight is 413 g/mol. The third kappa shape index (κ3) is 4.48. The molecule has 0 saturated heterocycles. The standard InChI is InChI=1S/C22H23NO7/c1-5-28-22(25)13-29-20-10-14(6-9-18(20)27-4)23(2)17-12-21(24)30-19-11-15(26-3)7-8-16(17)19/h6-12H,5,13H2,1-4H3. The van der Waals surface area contributed by atoms with Gasteiger partial charge in [0.05, 0.1) is 26.5 Å². The van der Waals surface area contributed by atoms with Crippen molar-refractivity contribution in [1.82, 2.24) is 0 Å². The molecule has 0 fully saturated rings. The highest BCUT2D eigenvalue weighted by Crippen LogP contribution is 2.36. The molecule has 8 nitrogen and oxygen atoms in total. The van der Waals surface area contributed by atoms with Gasteiger partial charge in [0.2, 0.25) is 0 Å². The smallest absolute Gasteiger partial charge is 0.344 e. The lowest BCUT2D eigenvalue weighted by Gasteiger charge is -2.22. The second-order valence-corrected chi connectivity index (χ2v) is 6.30. The van der Waals surface area contributed by atoms with Crippen LogP contribution in [-0.2, 0) is 9.53 Å².